The molecule has 0 aromatic heterocycles. The van der Waals surface area contributed by atoms with Crippen LogP contribution in [0.3, 0.4) is 0 Å². The second kappa shape index (κ2) is 6.23. The molecule has 0 saturated heterocycles. The van der Waals surface area contributed by atoms with Gasteiger partial charge in [-0.25, -0.2) is 9.18 Å². The molecule has 5 nitrogen and oxygen atoms in total. The number of halogens is 2. The fraction of sp³-hybridized carbons (Fsp3) is 0. The predicted octanol–water partition coefficient (Wildman–Crippen LogP) is 4.35. The van der Waals surface area contributed by atoms with Crippen LogP contribution in [0.2, 0.25) is 0 Å². The zero-order chi connectivity index (χ0) is 15.6. The summed E-state index contributed by atoms with van der Waals surface area (Å²) in [6.45, 7) is 0. The van der Waals surface area contributed by atoms with Crippen LogP contribution < -0.4 is 0 Å². The van der Waals surface area contributed by atoms with Crippen LogP contribution in [0.15, 0.2) is 50.7 Å². The van der Waals surface area contributed by atoms with Crippen LogP contribution >= 0.6 is 27.7 Å². The van der Waals surface area contributed by atoms with Crippen molar-refractivity contribution in [2.45, 2.75) is 9.79 Å². The molecule has 8 heteroatoms. The number of rotatable bonds is 4. The Balaban J connectivity index is 2.52. The van der Waals surface area contributed by atoms with Crippen molar-refractivity contribution >= 4 is 39.3 Å². The van der Waals surface area contributed by atoms with E-state index >= 15 is 0 Å². The Labute approximate surface area is 131 Å². The predicted molar refractivity (Wildman–Crippen MR) is 78.3 cm³/mol. The molecule has 2 rings (SSSR count). The van der Waals surface area contributed by atoms with Gasteiger partial charge < -0.3 is 5.11 Å². The van der Waals surface area contributed by atoms with Gasteiger partial charge in [-0.15, -0.1) is 0 Å². The fourth-order valence-electron chi connectivity index (χ4n) is 1.59. The lowest BCUT2D eigenvalue weighted by Gasteiger charge is -2.07. The Bertz CT molecular complexity index is 738. The minimum Gasteiger partial charge on any atom is -0.478 e. The Morgan fingerprint density at radius 1 is 1.29 bits per heavy atom. The molecule has 2 aromatic carbocycles. The maximum Gasteiger partial charge on any atom is 0.336 e. The lowest BCUT2D eigenvalue weighted by atomic mass is 10.2. The number of benzene rings is 2. The molecule has 0 unspecified atom stereocenters. The molecule has 0 saturated carbocycles. The van der Waals surface area contributed by atoms with Gasteiger partial charge in [0.1, 0.15) is 5.82 Å². The van der Waals surface area contributed by atoms with Crippen molar-refractivity contribution in [1.29, 1.82) is 0 Å². The van der Waals surface area contributed by atoms with E-state index < -0.39 is 16.7 Å². The number of carboxylic acids is 1. The summed E-state index contributed by atoms with van der Waals surface area (Å²) in [4.78, 5) is 21.8. The molecule has 0 heterocycles. The molecule has 0 amide bonds. The third-order valence-corrected chi connectivity index (χ3v) is 4.27. The Morgan fingerprint density at radius 2 is 1.95 bits per heavy atom. The number of nitro groups is 1. The molecule has 2 aromatic rings. The maximum absolute atomic E-state index is 13.6. The van der Waals surface area contributed by atoms with Gasteiger partial charge in [0.05, 0.1) is 19.9 Å². The minimum atomic E-state index is -1.15. The highest BCUT2D eigenvalue weighted by Gasteiger charge is 2.20. The molecule has 0 aliphatic carbocycles. The first kappa shape index (κ1) is 15.5. The van der Waals surface area contributed by atoms with E-state index in [4.69, 9.17) is 5.11 Å². The van der Waals surface area contributed by atoms with Crippen LogP contribution in [0.25, 0.3) is 0 Å². The van der Waals surface area contributed by atoms with Gasteiger partial charge in [0.15, 0.2) is 0 Å². The topological polar surface area (TPSA) is 80.4 Å². The summed E-state index contributed by atoms with van der Waals surface area (Å²) in [5.74, 6) is -1.81. The number of nitrogens with zero attached hydrogens (tertiary/aromatic N) is 1. The van der Waals surface area contributed by atoms with Crippen LogP contribution in [0, 0.1) is 15.9 Å². The van der Waals surface area contributed by atoms with Crippen molar-refractivity contribution in [2.24, 2.45) is 0 Å². The molecule has 0 bridgehead atoms. The summed E-state index contributed by atoms with van der Waals surface area (Å²) < 4.78 is 13.6. The monoisotopic (exact) mass is 371 g/mol. The summed E-state index contributed by atoms with van der Waals surface area (Å²) in [7, 11) is 0. The molecule has 0 aliphatic rings. The summed E-state index contributed by atoms with van der Waals surface area (Å²) >= 11 is 3.73. The first-order valence-corrected chi connectivity index (χ1v) is 7.14. The summed E-state index contributed by atoms with van der Waals surface area (Å²) in [5, 5.41) is 20.1. The van der Waals surface area contributed by atoms with E-state index in [9.17, 15) is 19.3 Å². The molecule has 108 valence electrons. The minimum absolute atomic E-state index is 0.000116. The summed E-state index contributed by atoms with van der Waals surface area (Å²) in [6, 6.07) is 8.11. The van der Waals surface area contributed by atoms with Gasteiger partial charge in [-0.05, 0) is 34.1 Å². The first-order chi connectivity index (χ1) is 9.90. The quantitative estimate of drug-likeness (QED) is 0.638. The van der Waals surface area contributed by atoms with E-state index in [1.165, 1.54) is 12.1 Å². The molecular weight excluding hydrogens is 365 g/mol. The smallest absolute Gasteiger partial charge is 0.336 e. The standard InChI is InChI=1S/C13H7BrFNO4S/c14-8-5-10(16(19)20)12(6-9(8)15)21-11-4-2-1-3-7(11)13(17)18/h1-6H,(H,17,18). The molecule has 0 aliphatic heterocycles. The van der Waals surface area contributed by atoms with Crippen molar-refractivity contribution in [2.75, 3.05) is 0 Å². The van der Waals surface area contributed by atoms with Gasteiger partial charge in [-0.1, -0.05) is 23.9 Å². The number of hydrogen-bond donors (Lipinski definition) is 1. The van der Waals surface area contributed by atoms with E-state index in [0.717, 1.165) is 23.9 Å². The molecule has 1 N–H and O–H groups in total. The normalized spacial score (nSPS) is 10.4. The highest BCUT2D eigenvalue weighted by atomic mass is 79.9. The average Bonchev–Trinajstić information content (AvgIpc) is 2.42. The first-order valence-electron chi connectivity index (χ1n) is 5.53. The lowest BCUT2D eigenvalue weighted by molar-refractivity contribution is -0.387. The van der Waals surface area contributed by atoms with Gasteiger partial charge in [0.25, 0.3) is 5.69 Å². The molecule has 0 atom stereocenters. The van der Waals surface area contributed by atoms with E-state index in [2.05, 4.69) is 15.9 Å². The second-order valence-electron chi connectivity index (χ2n) is 3.89. The third-order valence-electron chi connectivity index (χ3n) is 2.54. The van der Waals surface area contributed by atoms with Crippen LogP contribution in [-0.4, -0.2) is 16.0 Å². The number of hydrogen-bond acceptors (Lipinski definition) is 4. The van der Waals surface area contributed by atoms with Crippen molar-refractivity contribution in [1.82, 2.24) is 0 Å². The Hall–Kier alpha value is -1.93. The van der Waals surface area contributed by atoms with Crippen LogP contribution in [0.4, 0.5) is 10.1 Å². The van der Waals surface area contributed by atoms with Gasteiger partial charge >= 0.3 is 5.97 Å². The van der Waals surface area contributed by atoms with Crippen molar-refractivity contribution < 1.29 is 19.2 Å². The number of carboxylic acid groups (broad SMARTS) is 1. The molecule has 0 radical (unpaired) electrons. The molecule has 21 heavy (non-hydrogen) atoms. The number of aromatic carboxylic acids is 1. The van der Waals surface area contributed by atoms with Crippen LogP contribution in [0.1, 0.15) is 10.4 Å². The Kier molecular flexibility index (Phi) is 4.59. The molecular formula is C13H7BrFNO4S. The summed E-state index contributed by atoms with van der Waals surface area (Å²) in [5.41, 5.74) is -0.298. The van der Waals surface area contributed by atoms with E-state index in [1.807, 2.05) is 0 Å². The van der Waals surface area contributed by atoms with Crippen molar-refractivity contribution in [3.8, 4) is 0 Å². The van der Waals surface area contributed by atoms with Crippen molar-refractivity contribution in [3.05, 3.63) is 62.4 Å². The average molecular weight is 372 g/mol. The Morgan fingerprint density at radius 3 is 2.57 bits per heavy atom. The maximum atomic E-state index is 13.6. The fourth-order valence-corrected chi connectivity index (χ4v) is 2.97. The SMILES string of the molecule is O=C(O)c1ccccc1Sc1cc(F)c(Br)cc1[N+](=O)[O-]. The zero-order valence-electron chi connectivity index (χ0n) is 10.2. The largest absolute Gasteiger partial charge is 0.478 e. The lowest BCUT2D eigenvalue weighted by Crippen LogP contribution is -1.99. The second-order valence-corrected chi connectivity index (χ2v) is 5.83. The van der Waals surface area contributed by atoms with Crippen LogP contribution in [0.5, 0.6) is 0 Å². The zero-order valence-corrected chi connectivity index (χ0v) is 12.6. The highest BCUT2D eigenvalue weighted by molar-refractivity contribution is 9.10. The van der Waals surface area contributed by atoms with Gasteiger partial charge in [0, 0.05) is 11.0 Å². The number of carbonyl (C=O) groups is 1. The number of nitro benzene ring substituents is 1. The van der Waals surface area contributed by atoms with Gasteiger partial charge in [-0.2, -0.15) is 0 Å². The van der Waals surface area contributed by atoms with Gasteiger partial charge in [0.2, 0.25) is 0 Å². The van der Waals surface area contributed by atoms with Crippen molar-refractivity contribution in [3.63, 3.8) is 0 Å². The van der Waals surface area contributed by atoms with Crippen LogP contribution in [-0.2, 0) is 0 Å². The summed E-state index contributed by atoms with van der Waals surface area (Å²) in [6.07, 6.45) is 0. The van der Waals surface area contributed by atoms with Gasteiger partial charge in [-0.3, -0.25) is 10.1 Å². The third kappa shape index (κ3) is 3.40. The van der Waals surface area contributed by atoms with E-state index in [1.54, 1.807) is 12.1 Å². The van der Waals surface area contributed by atoms with E-state index in [0.29, 0.717) is 4.90 Å². The molecule has 0 fully saturated rings. The molecule has 0 spiro atoms. The van der Waals surface area contributed by atoms with E-state index in [-0.39, 0.29) is 20.6 Å². The highest BCUT2D eigenvalue weighted by Crippen LogP contribution is 2.38.